The van der Waals surface area contributed by atoms with Crippen LogP contribution in [0.2, 0.25) is 0 Å². The molecule has 0 amide bonds. The fourth-order valence-corrected chi connectivity index (χ4v) is 4.16. The van der Waals surface area contributed by atoms with Crippen molar-refractivity contribution in [2.24, 2.45) is 10.4 Å². The van der Waals surface area contributed by atoms with E-state index in [4.69, 9.17) is 9.73 Å². The summed E-state index contributed by atoms with van der Waals surface area (Å²) in [4.78, 5) is 5.04. The second kappa shape index (κ2) is 8.05. The van der Waals surface area contributed by atoms with E-state index in [0.29, 0.717) is 0 Å². The first-order valence-electron chi connectivity index (χ1n) is 9.87. The Kier molecular flexibility index (Phi) is 5.35. The van der Waals surface area contributed by atoms with Crippen LogP contribution < -0.4 is 5.32 Å². The van der Waals surface area contributed by atoms with Gasteiger partial charge in [-0.25, -0.2) is 0 Å². The molecular formula is C23H28N2O. The van der Waals surface area contributed by atoms with Crippen LogP contribution >= 0.6 is 0 Å². The molecular weight excluding hydrogens is 320 g/mol. The van der Waals surface area contributed by atoms with E-state index in [1.807, 2.05) is 0 Å². The molecule has 2 heterocycles. The molecule has 0 atom stereocenters. The van der Waals surface area contributed by atoms with Gasteiger partial charge in [0, 0.05) is 30.9 Å². The van der Waals surface area contributed by atoms with Gasteiger partial charge in [0.25, 0.3) is 0 Å². The molecule has 2 aromatic carbocycles. The Hall–Kier alpha value is -2.13. The minimum absolute atomic E-state index is 0.145. The van der Waals surface area contributed by atoms with Crippen molar-refractivity contribution in [1.29, 1.82) is 0 Å². The lowest BCUT2D eigenvalue weighted by Gasteiger charge is -2.42. The quantitative estimate of drug-likeness (QED) is 0.782. The first kappa shape index (κ1) is 17.3. The van der Waals surface area contributed by atoms with Gasteiger partial charge >= 0.3 is 0 Å². The third-order valence-electron chi connectivity index (χ3n) is 5.74. The van der Waals surface area contributed by atoms with Crippen LogP contribution in [-0.2, 0) is 17.6 Å². The van der Waals surface area contributed by atoms with Gasteiger partial charge in [-0.3, -0.25) is 4.99 Å². The summed E-state index contributed by atoms with van der Waals surface area (Å²) < 4.78 is 5.64. The predicted octanol–water partition coefficient (Wildman–Crippen LogP) is 4.87. The average molecular weight is 348 g/mol. The molecule has 1 saturated heterocycles. The van der Waals surface area contributed by atoms with Gasteiger partial charge in [-0.1, -0.05) is 48.5 Å². The molecule has 0 radical (unpaired) electrons. The highest BCUT2D eigenvalue weighted by molar-refractivity contribution is 6.02. The molecule has 3 nitrogen and oxygen atoms in total. The molecule has 0 unspecified atom stereocenters. The number of hydrogen-bond acceptors (Lipinski definition) is 2. The normalized spacial score (nSPS) is 19.9. The number of anilines is 1. The Balaban J connectivity index is 1.42. The van der Waals surface area contributed by atoms with Gasteiger partial charge in [0.2, 0.25) is 0 Å². The van der Waals surface area contributed by atoms with E-state index in [-0.39, 0.29) is 5.41 Å². The SMILES string of the molecule is c1ccc(CCCCN=C2Nc3ccccc3CC23CCOCC3)cc1. The van der Waals surface area contributed by atoms with Crippen molar-refractivity contribution in [3.63, 3.8) is 0 Å². The molecule has 1 N–H and O–H groups in total. The molecule has 0 aromatic heterocycles. The lowest BCUT2D eigenvalue weighted by molar-refractivity contribution is 0.0449. The molecule has 0 bridgehead atoms. The van der Waals surface area contributed by atoms with Gasteiger partial charge in [0.15, 0.2) is 0 Å². The fourth-order valence-electron chi connectivity index (χ4n) is 4.16. The van der Waals surface area contributed by atoms with Gasteiger partial charge in [-0.05, 0) is 55.7 Å². The summed E-state index contributed by atoms with van der Waals surface area (Å²) in [6, 6.07) is 19.4. The largest absolute Gasteiger partial charge is 0.381 e. The van der Waals surface area contributed by atoms with Crippen molar-refractivity contribution in [1.82, 2.24) is 0 Å². The number of fused-ring (bicyclic) bond motifs is 1. The molecule has 136 valence electrons. The van der Waals surface area contributed by atoms with E-state index in [9.17, 15) is 0 Å². The van der Waals surface area contributed by atoms with Crippen LogP contribution in [0.5, 0.6) is 0 Å². The minimum Gasteiger partial charge on any atom is -0.381 e. The molecule has 3 heteroatoms. The Bertz CT molecular complexity index is 748. The van der Waals surface area contributed by atoms with E-state index >= 15 is 0 Å². The molecule has 1 fully saturated rings. The van der Waals surface area contributed by atoms with E-state index in [1.165, 1.54) is 29.1 Å². The van der Waals surface area contributed by atoms with Crippen molar-refractivity contribution in [2.45, 2.75) is 38.5 Å². The van der Waals surface area contributed by atoms with Crippen molar-refractivity contribution in [3.05, 3.63) is 65.7 Å². The standard InChI is InChI=1S/C23H28N2O/c1-2-8-19(9-3-1)10-6-7-15-24-22-23(13-16-26-17-14-23)18-20-11-4-5-12-21(20)25-22/h1-5,8-9,11-12H,6-7,10,13-18H2,(H,24,25). The van der Waals surface area contributed by atoms with E-state index in [2.05, 4.69) is 59.9 Å². The van der Waals surface area contributed by atoms with Crippen LogP contribution in [-0.4, -0.2) is 25.6 Å². The number of ether oxygens (including phenoxy) is 1. The van der Waals surface area contributed by atoms with E-state index in [0.717, 1.165) is 51.9 Å². The molecule has 0 saturated carbocycles. The third-order valence-corrected chi connectivity index (χ3v) is 5.74. The van der Waals surface area contributed by atoms with E-state index in [1.54, 1.807) is 0 Å². The topological polar surface area (TPSA) is 33.6 Å². The van der Waals surface area contributed by atoms with Crippen molar-refractivity contribution in [2.75, 3.05) is 25.1 Å². The lowest BCUT2D eigenvalue weighted by Crippen LogP contribution is -2.45. The number of unbranched alkanes of at least 4 members (excludes halogenated alkanes) is 1. The fraction of sp³-hybridized carbons (Fsp3) is 0.435. The molecule has 2 aliphatic heterocycles. The molecule has 4 rings (SSSR count). The highest BCUT2D eigenvalue weighted by Crippen LogP contribution is 2.41. The molecule has 2 aromatic rings. The summed E-state index contributed by atoms with van der Waals surface area (Å²) in [6.07, 6.45) is 6.68. The third kappa shape index (κ3) is 3.83. The number of para-hydroxylation sites is 1. The van der Waals surface area contributed by atoms with Gasteiger partial charge in [0.1, 0.15) is 5.84 Å². The van der Waals surface area contributed by atoms with Crippen LogP contribution in [0.1, 0.15) is 36.8 Å². The smallest absolute Gasteiger partial charge is 0.107 e. The maximum absolute atomic E-state index is 5.64. The maximum atomic E-state index is 5.64. The number of nitrogens with zero attached hydrogens (tertiary/aromatic N) is 1. The van der Waals surface area contributed by atoms with Crippen LogP contribution in [0.25, 0.3) is 0 Å². The average Bonchev–Trinajstić information content (AvgIpc) is 2.69. The number of nitrogens with one attached hydrogen (secondary N) is 1. The number of rotatable bonds is 5. The number of aryl methyl sites for hydroxylation is 1. The van der Waals surface area contributed by atoms with Crippen LogP contribution in [0.3, 0.4) is 0 Å². The van der Waals surface area contributed by atoms with Gasteiger partial charge in [0.05, 0.1) is 0 Å². The molecule has 26 heavy (non-hydrogen) atoms. The molecule has 1 spiro atoms. The van der Waals surface area contributed by atoms with Crippen LogP contribution in [0.4, 0.5) is 5.69 Å². The lowest BCUT2D eigenvalue weighted by atomic mass is 9.71. The number of amidine groups is 1. The Morgan fingerprint density at radius 3 is 2.54 bits per heavy atom. The predicted molar refractivity (Wildman–Crippen MR) is 108 cm³/mol. The highest BCUT2D eigenvalue weighted by atomic mass is 16.5. The summed E-state index contributed by atoms with van der Waals surface area (Å²) in [5, 5.41) is 3.66. The summed E-state index contributed by atoms with van der Waals surface area (Å²) >= 11 is 0. The summed E-state index contributed by atoms with van der Waals surface area (Å²) in [6.45, 7) is 2.59. The first-order valence-corrected chi connectivity index (χ1v) is 9.87. The van der Waals surface area contributed by atoms with Crippen LogP contribution in [0.15, 0.2) is 59.6 Å². The van der Waals surface area contributed by atoms with Gasteiger partial charge in [-0.15, -0.1) is 0 Å². The van der Waals surface area contributed by atoms with Crippen molar-refractivity contribution in [3.8, 4) is 0 Å². The van der Waals surface area contributed by atoms with Gasteiger partial charge < -0.3 is 10.1 Å². The zero-order valence-corrected chi connectivity index (χ0v) is 15.4. The second-order valence-electron chi connectivity index (χ2n) is 7.52. The Labute approximate surface area is 156 Å². The summed E-state index contributed by atoms with van der Waals surface area (Å²) in [5.41, 5.74) is 4.21. The Morgan fingerprint density at radius 2 is 1.69 bits per heavy atom. The van der Waals surface area contributed by atoms with Gasteiger partial charge in [-0.2, -0.15) is 0 Å². The number of aliphatic imine (C=N–C) groups is 1. The van der Waals surface area contributed by atoms with Crippen molar-refractivity contribution < 1.29 is 4.74 Å². The maximum Gasteiger partial charge on any atom is 0.107 e. The summed E-state index contributed by atoms with van der Waals surface area (Å²) in [7, 11) is 0. The number of hydrogen-bond donors (Lipinski definition) is 1. The Morgan fingerprint density at radius 1 is 0.923 bits per heavy atom. The first-order chi connectivity index (χ1) is 12.9. The van der Waals surface area contributed by atoms with E-state index < -0.39 is 0 Å². The molecule has 0 aliphatic carbocycles. The monoisotopic (exact) mass is 348 g/mol. The molecule has 2 aliphatic rings. The second-order valence-corrected chi connectivity index (χ2v) is 7.52. The minimum atomic E-state index is 0.145. The zero-order chi connectivity index (χ0) is 17.7. The van der Waals surface area contributed by atoms with Crippen molar-refractivity contribution >= 4 is 11.5 Å². The number of benzene rings is 2. The highest BCUT2D eigenvalue weighted by Gasteiger charge is 2.41. The summed E-state index contributed by atoms with van der Waals surface area (Å²) in [5.74, 6) is 1.19. The van der Waals surface area contributed by atoms with Crippen LogP contribution in [0, 0.1) is 5.41 Å². The zero-order valence-electron chi connectivity index (χ0n) is 15.4.